The van der Waals surface area contributed by atoms with E-state index in [2.05, 4.69) is 17.5 Å². The third-order valence-electron chi connectivity index (χ3n) is 4.53. The van der Waals surface area contributed by atoms with Crippen LogP contribution in [0.2, 0.25) is 0 Å². The second-order valence-corrected chi connectivity index (χ2v) is 5.56. The van der Waals surface area contributed by atoms with Crippen LogP contribution < -0.4 is 5.32 Å². The van der Waals surface area contributed by atoms with Gasteiger partial charge in [-0.05, 0) is 31.6 Å². The molecular weight excluding hydrogens is 244 g/mol. The van der Waals surface area contributed by atoms with Gasteiger partial charge >= 0.3 is 0 Å². The number of hydrogen-bond acceptors (Lipinski definition) is 3. The normalized spacial score (nSPS) is 35.7. The van der Waals surface area contributed by atoms with E-state index in [1.165, 1.54) is 4.90 Å². The number of carbonyl (C=O) groups excluding carboxylic acids is 3. The van der Waals surface area contributed by atoms with Gasteiger partial charge in [-0.1, -0.05) is 12.2 Å². The molecular formula is C14H18N2O3. The number of imide groups is 1. The average Bonchev–Trinajstić information content (AvgIpc) is 2.68. The summed E-state index contributed by atoms with van der Waals surface area (Å²) in [6.45, 7) is 2.20. The zero-order valence-electron chi connectivity index (χ0n) is 11.0. The summed E-state index contributed by atoms with van der Waals surface area (Å²) < 4.78 is 0. The maximum atomic E-state index is 12.4. The Morgan fingerprint density at radius 3 is 2.16 bits per heavy atom. The molecule has 1 N–H and O–H groups in total. The Morgan fingerprint density at radius 1 is 1.21 bits per heavy atom. The summed E-state index contributed by atoms with van der Waals surface area (Å²) in [5, 5.41) is 2.63. The Bertz CT molecular complexity index is 439. The van der Waals surface area contributed by atoms with Crippen LogP contribution in [0.5, 0.6) is 0 Å². The molecule has 1 aliphatic heterocycles. The first-order valence-corrected chi connectivity index (χ1v) is 6.93. The van der Waals surface area contributed by atoms with Gasteiger partial charge in [-0.15, -0.1) is 0 Å². The van der Waals surface area contributed by atoms with Crippen molar-refractivity contribution in [1.29, 1.82) is 0 Å². The molecule has 1 heterocycles. The van der Waals surface area contributed by atoms with Crippen LogP contribution in [0.25, 0.3) is 0 Å². The molecule has 4 aliphatic rings. The highest BCUT2D eigenvalue weighted by Gasteiger charge is 2.56. The Hall–Kier alpha value is -1.65. The van der Waals surface area contributed by atoms with Crippen molar-refractivity contribution in [2.24, 2.45) is 23.7 Å². The van der Waals surface area contributed by atoms with E-state index in [-0.39, 0.29) is 47.9 Å². The van der Waals surface area contributed by atoms with E-state index in [1.54, 1.807) is 0 Å². The number of amides is 3. The SMILES string of the molecule is CCNC(=O)CN1C(=O)C2C3C=CC(CC3)C2C1=O. The van der Waals surface area contributed by atoms with Crippen LogP contribution in [-0.4, -0.2) is 35.7 Å². The van der Waals surface area contributed by atoms with Gasteiger partial charge in [-0.2, -0.15) is 0 Å². The summed E-state index contributed by atoms with van der Waals surface area (Å²) in [5.41, 5.74) is 0. The van der Waals surface area contributed by atoms with Crippen LogP contribution in [0.15, 0.2) is 12.2 Å². The van der Waals surface area contributed by atoms with Gasteiger partial charge in [-0.3, -0.25) is 19.3 Å². The lowest BCUT2D eigenvalue weighted by Crippen LogP contribution is -2.41. The van der Waals surface area contributed by atoms with Crippen LogP contribution in [0.1, 0.15) is 19.8 Å². The minimum Gasteiger partial charge on any atom is -0.355 e. The summed E-state index contributed by atoms with van der Waals surface area (Å²) >= 11 is 0. The van der Waals surface area contributed by atoms with E-state index < -0.39 is 0 Å². The maximum absolute atomic E-state index is 12.4. The topological polar surface area (TPSA) is 66.5 Å². The molecule has 0 aromatic heterocycles. The summed E-state index contributed by atoms with van der Waals surface area (Å²) in [6, 6.07) is 0. The molecule has 3 amide bonds. The molecule has 0 aromatic carbocycles. The molecule has 0 aromatic rings. The number of nitrogens with one attached hydrogen (secondary N) is 1. The lowest BCUT2D eigenvalue weighted by Gasteiger charge is -2.38. The third kappa shape index (κ3) is 1.79. The Morgan fingerprint density at radius 2 is 1.74 bits per heavy atom. The standard InChI is InChI=1S/C14H18N2O3/c1-2-15-10(17)7-16-13(18)11-8-3-4-9(6-5-8)12(11)14(16)19/h3-4,8-9,11-12H,2,5-7H2,1H3,(H,15,17). The smallest absolute Gasteiger partial charge is 0.240 e. The molecule has 1 saturated heterocycles. The second kappa shape index (κ2) is 4.47. The van der Waals surface area contributed by atoms with Crippen LogP contribution in [0, 0.1) is 23.7 Å². The molecule has 5 heteroatoms. The fraction of sp³-hybridized carbons (Fsp3) is 0.643. The van der Waals surface area contributed by atoms with Crippen molar-refractivity contribution in [3.05, 3.63) is 12.2 Å². The van der Waals surface area contributed by atoms with Crippen LogP contribution >= 0.6 is 0 Å². The largest absolute Gasteiger partial charge is 0.355 e. The van der Waals surface area contributed by atoms with Crippen molar-refractivity contribution >= 4 is 17.7 Å². The number of allylic oxidation sites excluding steroid dienone is 2. The third-order valence-corrected chi connectivity index (χ3v) is 4.53. The molecule has 2 bridgehead atoms. The first-order valence-electron chi connectivity index (χ1n) is 6.93. The fourth-order valence-electron chi connectivity index (χ4n) is 3.69. The van der Waals surface area contributed by atoms with Crippen LogP contribution in [0.4, 0.5) is 0 Å². The van der Waals surface area contributed by atoms with E-state index in [4.69, 9.17) is 0 Å². The van der Waals surface area contributed by atoms with E-state index in [9.17, 15) is 14.4 Å². The summed E-state index contributed by atoms with van der Waals surface area (Å²) in [7, 11) is 0. The van der Waals surface area contributed by atoms with Gasteiger partial charge in [0, 0.05) is 6.54 Å². The predicted molar refractivity (Wildman–Crippen MR) is 67.7 cm³/mol. The molecule has 1 saturated carbocycles. The molecule has 2 fully saturated rings. The van der Waals surface area contributed by atoms with Gasteiger partial charge in [0.25, 0.3) is 0 Å². The zero-order valence-corrected chi connectivity index (χ0v) is 11.0. The number of likely N-dealkylation sites (tertiary alicyclic amines) is 1. The number of carbonyl (C=O) groups is 3. The average molecular weight is 262 g/mol. The molecule has 4 atom stereocenters. The number of likely N-dealkylation sites (N-methyl/N-ethyl adjacent to an activating group) is 1. The quantitative estimate of drug-likeness (QED) is 0.588. The Balaban J connectivity index is 1.81. The molecule has 5 nitrogen and oxygen atoms in total. The van der Waals surface area contributed by atoms with Crippen molar-refractivity contribution in [2.45, 2.75) is 19.8 Å². The second-order valence-electron chi connectivity index (χ2n) is 5.56. The summed E-state index contributed by atoms with van der Waals surface area (Å²) in [6.07, 6.45) is 6.12. The highest BCUT2D eigenvalue weighted by Crippen LogP contribution is 2.49. The molecule has 19 heavy (non-hydrogen) atoms. The van der Waals surface area contributed by atoms with Gasteiger partial charge in [0.1, 0.15) is 6.54 Å². The van der Waals surface area contributed by atoms with E-state index in [0.717, 1.165) is 12.8 Å². The molecule has 4 rings (SSSR count). The molecule has 0 spiro atoms. The minimum absolute atomic E-state index is 0.127. The molecule has 3 aliphatic carbocycles. The number of nitrogens with zero attached hydrogens (tertiary/aromatic N) is 1. The monoisotopic (exact) mass is 262 g/mol. The first-order chi connectivity index (χ1) is 9.13. The fourth-order valence-corrected chi connectivity index (χ4v) is 3.69. The lowest BCUT2D eigenvalue weighted by atomic mass is 9.63. The van der Waals surface area contributed by atoms with Crippen LogP contribution in [0.3, 0.4) is 0 Å². The van der Waals surface area contributed by atoms with Crippen molar-refractivity contribution in [3.8, 4) is 0 Å². The van der Waals surface area contributed by atoms with Gasteiger partial charge in [0.15, 0.2) is 0 Å². The molecule has 4 unspecified atom stereocenters. The predicted octanol–water partition coefficient (Wildman–Crippen LogP) is 0.320. The van der Waals surface area contributed by atoms with E-state index in [1.807, 2.05) is 6.92 Å². The van der Waals surface area contributed by atoms with Crippen molar-refractivity contribution < 1.29 is 14.4 Å². The molecule has 0 radical (unpaired) electrons. The summed E-state index contributed by atoms with van der Waals surface area (Å²) in [5.74, 6) is -0.628. The van der Waals surface area contributed by atoms with Gasteiger partial charge in [0.05, 0.1) is 11.8 Å². The Labute approximate surface area is 112 Å². The molecule has 102 valence electrons. The van der Waals surface area contributed by atoms with Crippen molar-refractivity contribution in [3.63, 3.8) is 0 Å². The van der Waals surface area contributed by atoms with Gasteiger partial charge in [0.2, 0.25) is 17.7 Å². The number of hydrogen-bond donors (Lipinski definition) is 1. The van der Waals surface area contributed by atoms with Gasteiger partial charge < -0.3 is 5.32 Å². The highest BCUT2D eigenvalue weighted by atomic mass is 16.2. The Kier molecular flexibility index (Phi) is 2.92. The minimum atomic E-state index is -0.261. The van der Waals surface area contributed by atoms with Crippen molar-refractivity contribution in [2.75, 3.05) is 13.1 Å². The number of rotatable bonds is 3. The van der Waals surface area contributed by atoms with E-state index in [0.29, 0.717) is 6.54 Å². The van der Waals surface area contributed by atoms with Gasteiger partial charge in [-0.25, -0.2) is 0 Å². The zero-order chi connectivity index (χ0) is 13.6. The summed E-state index contributed by atoms with van der Waals surface area (Å²) in [4.78, 5) is 37.5. The lowest BCUT2D eigenvalue weighted by molar-refractivity contribution is -0.143. The van der Waals surface area contributed by atoms with Crippen molar-refractivity contribution in [1.82, 2.24) is 10.2 Å². The first kappa shape index (κ1) is 12.4. The van der Waals surface area contributed by atoms with E-state index >= 15 is 0 Å². The van der Waals surface area contributed by atoms with Crippen LogP contribution in [-0.2, 0) is 14.4 Å². The number of fused-ring (bicyclic) bond motifs is 1. The highest BCUT2D eigenvalue weighted by molar-refractivity contribution is 6.08. The maximum Gasteiger partial charge on any atom is 0.240 e.